The molecule has 0 amide bonds. The number of hydrogen-bond acceptors (Lipinski definition) is 5. The van der Waals surface area contributed by atoms with E-state index in [1.54, 1.807) is 0 Å². The van der Waals surface area contributed by atoms with E-state index in [4.69, 9.17) is 0 Å². The van der Waals surface area contributed by atoms with Crippen LogP contribution in [0.4, 0.5) is 0 Å². The lowest BCUT2D eigenvalue weighted by atomic mass is 10.3. The Kier molecular flexibility index (Phi) is 3.51. The Morgan fingerprint density at radius 1 is 1.32 bits per heavy atom. The van der Waals surface area contributed by atoms with Crippen molar-refractivity contribution in [1.29, 1.82) is 0 Å². The van der Waals surface area contributed by atoms with E-state index in [-0.39, 0.29) is 5.78 Å². The zero-order valence-corrected chi connectivity index (χ0v) is 14.3. The van der Waals surface area contributed by atoms with Crippen LogP contribution >= 0.6 is 39.0 Å². The van der Waals surface area contributed by atoms with Gasteiger partial charge in [-0.05, 0) is 40.2 Å². The standard InChI is InChI=1S/C14H9BrN4OS2/c15-12-6-5-11(22-12)10(20)7-21-14-18-17-13-16-8-3-1-2-4-9(8)19(13)14/h1-6H,7H2,(H,16,17). The molecule has 22 heavy (non-hydrogen) atoms. The predicted molar refractivity (Wildman–Crippen MR) is 91.9 cm³/mol. The Morgan fingerprint density at radius 3 is 3.00 bits per heavy atom. The summed E-state index contributed by atoms with van der Waals surface area (Å²) in [6.07, 6.45) is 0. The minimum absolute atomic E-state index is 0.0984. The van der Waals surface area contributed by atoms with Gasteiger partial charge in [0.2, 0.25) is 5.78 Å². The second-order valence-corrected chi connectivity index (χ2v) is 7.99. The minimum Gasteiger partial charge on any atom is -0.292 e. The average molecular weight is 393 g/mol. The number of aromatic nitrogens is 4. The maximum absolute atomic E-state index is 12.2. The highest BCUT2D eigenvalue weighted by atomic mass is 79.9. The van der Waals surface area contributed by atoms with E-state index in [0.29, 0.717) is 11.5 Å². The van der Waals surface area contributed by atoms with Crippen LogP contribution in [-0.4, -0.2) is 31.1 Å². The van der Waals surface area contributed by atoms with Crippen molar-refractivity contribution < 1.29 is 4.79 Å². The van der Waals surface area contributed by atoms with E-state index >= 15 is 0 Å². The van der Waals surface area contributed by atoms with E-state index in [1.807, 2.05) is 40.8 Å². The van der Waals surface area contributed by atoms with Crippen LogP contribution in [0.3, 0.4) is 0 Å². The molecule has 8 heteroatoms. The number of nitrogens with zero attached hydrogens (tertiary/aromatic N) is 3. The van der Waals surface area contributed by atoms with Crippen LogP contribution in [-0.2, 0) is 0 Å². The number of rotatable bonds is 4. The van der Waals surface area contributed by atoms with Crippen molar-refractivity contribution in [3.05, 3.63) is 45.1 Å². The van der Waals surface area contributed by atoms with Gasteiger partial charge in [-0.1, -0.05) is 23.9 Å². The van der Waals surface area contributed by atoms with Crippen LogP contribution in [0.25, 0.3) is 16.8 Å². The second-order valence-electron chi connectivity index (χ2n) is 4.58. The molecule has 0 aliphatic heterocycles. The van der Waals surface area contributed by atoms with Gasteiger partial charge in [0.25, 0.3) is 0 Å². The van der Waals surface area contributed by atoms with Gasteiger partial charge in [-0.3, -0.25) is 9.20 Å². The molecule has 0 bridgehead atoms. The molecule has 4 aromatic rings. The monoisotopic (exact) mass is 392 g/mol. The minimum atomic E-state index is 0.0984. The normalized spacial score (nSPS) is 11.5. The summed E-state index contributed by atoms with van der Waals surface area (Å²) in [4.78, 5) is 17.4. The summed E-state index contributed by atoms with van der Waals surface area (Å²) in [5.41, 5.74) is 1.89. The average Bonchev–Trinajstić information content (AvgIpc) is 3.19. The van der Waals surface area contributed by atoms with Crippen LogP contribution in [0.2, 0.25) is 0 Å². The fraction of sp³-hybridized carbons (Fsp3) is 0.0714. The number of halogens is 1. The number of imidazole rings is 1. The first-order chi connectivity index (χ1) is 10.7. The third-order valence-corrected chi connectivity index (χ3v) is 5.79. The van der Waals surface area contributed by atoms with Gasteiger partial charge in [-0.25, -0.2) is 10.1 Å². The van der Waals surface area contributed by atoms with E-state index in [2.05, 4.69) is 31.1 Å². The number of thiophene rings is 1. The van der Waals surface area contributed by atoms with Gasteiger partial charge < -0.3 is 0 Å². The molecule has 0 aliphatic carbocycles. The molecule has 0 radical (unpaired) electrons. The third kappa shape index (κ3) is 2.37. The Morgan fingerprint density at radius 2 is 2.18 bits per heavy atom. The van der Waals surface area contributed by atoms with E-state index in [9.17, 15) is 4.79 Å². The molecule has 0 atom stereocenters. The van der Waals surface area contributed by atoms with Crippen LogP contribution in [0.1, 0.15) is 9.67 Å². The summed E-state index contributed by atoms with van der Waals surface area (Å²) in [5.74, 6) is 1.13. The van der Waals surface area contributed by atoms with Gasteiger partial charge in [0, 0.05) is 0 Å². The number of carbonyl (C=O) groups is 1. The van der Waals surface area contributed by atoms with Crippen molar-refractivity contribution in [1.82, 2.24) is 19.6 Å². The molecule has 3 heterocycles. The van der Waals surface area contributed by atoms with E-state index in [0.717, 1.165) is 24.9 Å². The first-order valence-corrected chi connectivity index (χ1v) is 9.05. The topological polar surface area (TPSA) is 63.0 Å². The Labute approximate surface area is 141 Å². The maximum Gasteiger partial charge on any atom is 0.231 e. The van der Waals surface area contributed by atoms with Crippen LogP contribution in [0.15, 0.2) is 45.3 Å². The smallest absolute Gasteiger partial charge is 0.231 e. The van der Waals surface area contributed by atoms with E-state index in [1.165, 1.54) is 23.1 Å². The SMILES string of the molecule is O=C(CSc1n[nH]c2nc3ccccc3n12)c1ccc(Br)s1. The van der Waals surface area contributed by atoms with Gasteiger partial charge in [0.1, 0.15) is 0 Å². The molecular formula is C14H9BrN4OS2. The number of fused-ring (bicyclic) bond motifs is 3. The number of aromatic amines is 1. The first-order valence-electron chi connectivity index (χ1n) is 6.45. The van der Waals surface area contributed by atoms with Gasteiger partial charge >= 0.3 is 0 Å². The fourth-order valence-electron chi connectivity index (χ4n) is 2.20. The summed E-state index contributed by atoms with van der Waals surface area (Å²) in [6.45, 7) is 0. The lowest BCUT2D eigenvalue weighted by Gasteiger charge is -1.98. The number of Topliss-reactive ketones (excluding diaryl/α,β-unsaturated/α-hetero) is 1. The first kappa shape index (κ1) is 14.0. The number of thioether (sulfide) groups is 1. The number of hydrogen-bond donors (Lipinski definition) is 1. The molecule has 4 rings (SSSR count). The van der Waals surface area contributed by atoms with Crippen molar-refractivity contribution in [3.8, 4) is 0 Å². The molecule has 1 aromatic carbocycles. The number of ketones is 1. The molecular weight excluding hydrogens is 384 g/mol. The van der Waals surface area contributed by atoms with Gasteiger partial charge in [-0.15, -0.1) is 16.4 Å². The molecule has 0 fully saturated rings. The second kappa shape index (κ2) is 5.53. The van der Waals surface area contributed by atoms with Crippen molar-refractivity contribution in [2.75, 3.05) is 5.75 Å². The number of benzene rings is 1. The summed E-state index contributed by atoms with van der Waals surface area (Å²) >= 11 is 6.23. The van der Waals surface area contributed by atoms with Crippen molar-refractivity contribution >= 4 is 61.6 Å². The molecule has 1 N–H and O–H groups in total. The molecule has 3 aromatic heterocycles. The molecule has 0 spiro atoms. The summed E-state index contributed by atoms with van der Waals surface area (Å²) < 4.78 is 2.90. The number of carbonyl (C=O) groups excluding carboxylic acids is 1. The predicted octanol–water partition coefficient (Wildman–Crippen LogP) is 4.01. The summed E-state index contributed by atoms with van der Waals surface area (Å²) in [5, 5.41) is 7.91. The molecule has 0 saturated carbocycles. The zero-order valence-electron chi connectivity index (χ0n) is 11.1. The number of nitrogens with one attached hydrogen (secondary N) is 1. The zero-order chi connectivity index (χ0) is 15.1. The highest BCUT2D eigenvalue weighted by Gasteiger charge is 2.15. The molecule has 0 saturated heterocycles. The Bertz CT molecular complexity index is 987. The lowest BCUT2D eigenvalue weighted by Crippen LogP contribution is -2.00. The Balaban J connectivity index is 1.63. The molecule has 0 unspecified atom stereocenters. The fourth-order valence-corrected chi connectivity index (χ4v) is 4.46. The lowest BCUT2D eigenvalue weighted by molar-refractivity contribution is 0.102. The van der Waals surface area contributed by atoms with Crippen molar-refractivity contribution in [2.24, 2.45) is 0 Å². The molecule has 0 aliphatic rings. The van der Waals surface area contributed by atoms with Crippen LogP contribution in [0, 0.1) is 0 Å². The highest BCUT2D eigenvalue weighted by molar-refractivity contribution is 9.11. The van der Waals surface area contributed by atoms with Gasteiger partial charge in [-0.2, -0.15) is 0 Å². The quantitative estimate of drug-likeness (QED) is 0.420. The van der Waals surface area contributed by atoms with Gasteiger partial charge in [0.15, 0.2) is 10.9 Å². The molecule has 5 nitrogen and oxygen atoms in total. The molecule has 110 valence electrons. The third-order valence-electron chi connectivity index (χ3n) is 3.18. The van der Waals surface area contributed by atoms with Crippen molar-refractivity contribution in [3.63, 3.8) is 0 Å². The Hall–Kier alpha value is -1.64. The number of H-pyrrole nitrogens is 1. The maximum atomic E-state index is 12.2. The highest BCUT2D eigenvalue weighted by Crippen LogP contribution is 2.26. The summed E-state index contributed by atoms with van der Waals surface area (Å²) in [7, 11) is 0. The van der Waals surface area contributed by atoms with E-state index < -0.39 is 0 Å². The van der Waals surface area contributed by atoms with Gasteiger partial charge in [0.05, 0.1) is 25.4 Å². The summed E-state index contributed by atoms with van der Waals surface area (Å²) in [6, 6.07) is 11.6. The van der Waals surface area contributed by atoms with Crippen molar-refractivity contribution in [2.45, 2.75) is 5.16 Å². The van der Waals surface area contributed by atoms with Crippen LogP contribution in [0.5, 0.6) is 0 Å². The van der Waals surface area contributed by atoms with Crippen LogP contribution < -0.4 is 0 Å². The number of para-hydroxylation sites is 2. The largest absolute Gasteiger partial charge is 0.292 e.